The van der Waals surface area contributed by atoms with Crippen LogP contribution in [0.2, 0.25) is 0 Å². The van der Waals surface area contributed by atoms with Gasteiger partial charge in [0.25, 0.3) is 5.91 Å². The summed E-state index contributed by atoms with van der Waals surface area (Å²) in [6.45, 7) is 0.0205. The normalized spacial score (nSPS) is 10.6. The molecular weight excluding hydrogens is 412 g/mol. The highest BCUT2D eigenvalue weighted by atomic mass is 32.1. The maximum Gasteiger partial charge on any atom is 0.339 e. The molecule has 2 aromatic heterocycles. The summed E-state index contributed by atoms with van der Waals surface area (Å²) in [4.78, 5) is 31.8. The zero-order valence-corrected chi connectivity index (χ0v) is 17.9. The summed E-state index contributed by atoms with van der Waals surface area (Å²) in [5, 5.41) is 6.79. The second-order valence-corrected chi connectivity index (χ2v) is 7.73. The molecule has 0 saturated carbocycles. The van der Waals surface area contributed by atoms with E-state index < -0.39 is 5.97 Å². The van der Waals surface area contributed by atoms with E-state index in [1.165, 1.54) is 16.2 Å². The van der Waals surface area contributed by atoms with E-state index in [-0.39, 0.29) is 23.6 Å². The molecule has 0 atom stereocenters. The van der Waals surface area contributed by atoms with Gasteiger partial charge in [0.1, 0.15) is 11.6 Å². The van der Waals surface area contributed by atoms with Crippen molar-refractivity contribution in [3.63, 3.8) is 0 Å². The third kappa shape index (κ3) is 4.54. The van der Waals surface area contributed by atoms with Gasteiger partial charge in [-0.1, -0.05) is 30.3 Å². The lowest BCUT2D eigenvalue weighted by Gasteiger charge is -2.18. The Hall–Kier alpha value is -3.78. The number of para-hydroxylation sites is 1. The van der Waals surface area contributed by atoms with Crippen LogP contribution >= 0.6 is 11.3 Å². The standard InChI is InChI=1S/C23H20N4O3S/c1-26-13-16(12-24-26)21-25-17(15-31-21)14-30-23(29)20-11-7-6-10-19(20)22(28)27(2)18-8-4-3-5-9-18/h3-13,15H,14H2,1-2H3. The molecule has 2 heterocycles. The summed E-state index contributed by atoms with van der Waals surface area (Å²) < 4.78 is 7.16. The highest BCUT2D eigenvalue weighted by Gasteiger charge is 2.21. The second kappa shape index (κ2) is 8.93. The van der Waals surface area contributed by atoms with Gasteiger partial charge in [-0.15, -0.1) is 11.3 Å². The monoisotopic (exact) mass is 432 g/mol. The van der Waals surface area contributed by atoms with Crippen molar-refractivity contribution < 1.29 is 14.3 Å². The number of nitrogens with zero attached hydrogens (tertiary/aromatic N) is 4. The number of hydrogen-bond acceptors (Lipinski definition) is 6. The van der Waals surface area contributed by atoms with Crippen molar-refractivity contribution in [3.8, 4) is 10.6 Å². The van der Waals surface area contributed by atoms with Crippen LogP contribution in [0, 0.1) is 0 Å². The van der Waals surface area contributed by atoms with Crippen LogP contribution in [-0.4, -0.2) is 33.7 Å². The summed E-state index contributed by atoms with van der Waals surface area (Å²) in [7, 11) is 3.52. The molecule has 0 unspecified atom stereocenters. The van der Waals surface area contributed by atoms with Crippen LogP contribution in [0.3, 0.4) is 0 Å². The maximum absolute atomic E-state index is 13.0. The minimum atomic E-state index is -0.568. The summed E-state index contributed by atoms with van der Waals surface area (Å²) in [5.74, 6) is -0.854. The Morgan fingerprint density at radius 2 is 1.77 bits per heavy atom. The van der Waals surface area contributed by atoms with Gasteiger partial charge >= 0.3 is 5.97 Å². The molecule has 0 bridgehead atoms. The predicted molar refractivity (Wildman–Crippen MR) is 119 cm³/mol. The number of hydrogen-bond donors (Lipinski definition) is 0. The SMILES string of the molecule is CN(C(=O)c1ccccc1C(=O)OCc1csc(-c2cnn(C)c2)n1)c1ccccc1. The molecular formula is C23H20N4O3S. The van der Waals surface area contributed by atoms with Gasteiger partial charge in [0.05, 0.1) is 23.0 Å². The third-order valence-corrected chi connectivity index (χ3v) is 5.62. The molecule has 0 aliphatic heterocycles. The molecule has 8 heteroatoms. The van der Waals surface area contributed by atoms with Crippen LogP contribution < -0.4 is 4.90 Å². The van der Waals surface area contributed by atoms with Crippen LogP contribution in [-0.2, 0) is 18.4 Å². The number of carbonyl (C=O) groups excluding carboxylic acids is 2. The quantitative estimate of drug-likeness (QED) is 0.427. The zero-order chi connectivity index (χ0) is 21.8. The van der Waals surface area contributed by atoms with E-state index in [9.17, 15) is 9.59 Å². The summed E-state index contributed by atoms with van der Waals surface area (Å²) >= 11 is 1.46. The smallest absolute Gasteiger partial charge is 0.339 e. The molecule has 0 N–H and O–H groups in total. The first-order valence-electron chi connectivity index (χ1n) is 9.55. The summed E-state index contributed by atoms with van der Waals surface area (Å²) in [6, 6.07) is 15.9. The minimum absolute atomic E-state index is 0.0205. The lowest BCUT2D eigenvalue weighted by molar-refractivity contribution is 0.0465. The zero-order valence-electron chi connectivity index (χ0n) is 17.1. The number of benzene rings is 2. The maximum atomic E-state index is 13.0. The molecule has 1 amide bonds. The molecule has 0 fully saturated rings. The van der Waals surface area contributed by atoms with Crippen molar-refractivity contribution in [3.05, 3.63) is 89.2 Å². The van der Waals surface area contributed by atoms with Gasteiger partial charge in [-0.3, -0.25) is 9.48 Å². The number of esters is 1. The van der Waals surface area contributed by atoms with Gasteiger partial charge in [-0.25, -0.2) is 9.78 Å². The largest absolute Gasteiger partial charge is 0.456 e. The van der Waals surface area contributed by atoms with Crippen LogP contribution in [0.25, 0.3) is 10.6 Å². The van der Waals surface area contributed by atoms with Crippen molar-refractivity contribution in [2.24, 2.45) is 7.05 Å². The van der Waals surface area contributed by atoms with Crippen molar-refractivity contribution in [1.82, 2.24) is 14.8 Å². The number of ether oxygens (including phenoxy) is 1. The van der Waals surface area contributed by atoms with Gasteiger partial charge in [0.15, 0.2) is 0 Å². The average Bonchev–Trinajstić information content (AvgIpc) is 3.46. The van der Waals surface area contributed by atoms with Gasteiger partial charge in [0.2, 0.25) is 0 Å². The molecule has 0 radical (unpaired) electrons. The first kappa shape index (κ1) is 20.5. The highest BCUT2D eigenvalue weighted by molar-refractivity contribution is 7.13. The molecule has 2 aromatic carbocycles. The molecule has 31 heavy (non-hydrogen) atoms. The van der Waals surface area contributed by atoms with Crippen molar-refractivity contribution >= 4 is 28.9 Å². The van der Waals surface area contributed by atoms with Crippen molar-refractivity contribution in [2.45, 2.75) is 6.61 Å². The Bertz CT molecular complexity index is 1220. The summed E-state index contributed by atoms with van der Waals surface area (Å²) in [6.07, 6.45) is 3.61. The Labute approximate surface area is 183 Å². The number of anilines is 1. The number of aryl methyl sites for hydroxylation is 1. The van der Waals surface area contributed by atoms with Crippen LogP contribution in [0.15, 0.2) is 72.4 Å². The number of rotatable bonds is 6. The van der Waals surface area contributed by atoms with E-state index in [1.807, 2.05) is 49.0 Å². The minimum Gasteiger partial charge on any atom is -0.456 e. The molecule has 4 aromatic rings. The molecule has 4 rings (SSSR count). The van der Waals surface area contributed by atoms with E-state index in [1.54, 1.807) is 42.2 Å². The Kier molecular flexibility index (Phi) is 5.90. The van der Waals surface area contributed by atoms with Gasteiger partial charge in [0, 0.05) is 36.9 Å². The average molecular weight is 433 g/mol. The Morgan fingerprint density at radius 1 is 1.06 bits per heavy atom. The highest BCUT2D eigenvalue weighted by Crippen LogP contribution is 2.24. The van der Waals surface area contributed by atoms with Gasteiger partial charge in [-0.2, -0.15) is 5.10 Å². The van der Waals surface area contributed by atoms with Gasteiger partial charge in [-0.05, 0) is 24.3 Å². The number of carbonyl (C=O) groups is 2. The molecule has 0 spiro atoms. The van der Waals surface area contributed by atoms with Gasteiger partial charge < -0.3 is 9.64 Å². The van der Waals surface area contributed by atoms with E-state index >= 15 is 0 Å². The lowest BCUT2D eigenvalue weighted by Crippen LogP contribution is -2.28. The molecule has 0 aliphatic rings. The summed E-state index contributed by atoms with van der Waals surface area (Å²) in [5.41, 5.74) is 2.79. The molecule has 156 valence electrons. The Balaban J connectivity index is 1.47. The fourth-order valence-electron chi connectivity index (χ4n) is 3.05. The number of thiazole rings is 1. The van der Waals surface area contributed by atoms with Crippen molar-refractivity contribution in [1.29, 1.82) is 0 Å². The van der Waals surface area contributed by atoms with E-state index in [2.05, 4.69) is 10.1 Å². The third-order valence-electron chi connectivity index (χ3n) is 4.68. The predicted octanol–water partition coefficient (Wildman–Crippen LogP) is 4.18. The van der Waals surface area contributed by atoms with Crippen LogP contribution in [0.4, 0.5) is 5.69 Å². The first-order valence-corrected chi connectivity index (χ1v) is 10.4. The van der Waals surface area contributed by atoms with Crippen LogP contribution in [0.5, 0.6) is 0 Å². The fraction of sp³-hybridized carbons (Fsp3) is 0.130. The first-order chi connectivity index (χ1) is 15.0. The van der Waals surface area contributed by atoms with E-state index in [0.29, 0.717) is 5.69 Å². The molecule has 7 nitrogen and oxygen atoms in total. The second-order valence-electron chi connectivity index (χ2n) is 6.87. The number of aromatic nitrogens is 3. The fourth-order valence-corrected chi connectivity index (χ4v) is 3.83. The number of amides is 1. The lowest BCUT2D eigenvalue weighted by atomic mass is 10.1. The van der Waals surface area contributed by atoms with E-state index in [4.69, 9.17) is 4.74 Å². The Morgan fingerprint density at radius 3 is 2.48 bits per heavy atom. The topological polar surface area (TPSA) is 77.3 Å². The van der Waals surface area contributed by atoms with Crippen LogP contribution in [0.1, 0.15) is 26.4 Å². The van der Waals surface area contributed by atoms with E-state index in [0.717, 1.165) is 16.3 Å². The molecule has 0 aliphatic carbocycles. The van der Waals surface area contributed by atoms with Crippen molar-refractivity contribution in [2.75, 3.05) is 11.9 Å². The molecule has 0 saturated heterocycles.